The van der Waals surface area contributed by atoms with Crippen LogP contribution in [-0.2, 0) is 30.4 Å². The van der Waals surface area contributed by atoms with Crippen molar-refractivity contribution in [1.82, 2.24) is 0 Å². The Hall–Kier alpha value is -5.47. The van der Waals surface area contributed by atoms with Gasteiger partial charge in [0.1, 0.15) is 26.5 Å². The third-order valence-corrected chi connectivity index (χ3v) is 12.0. The molecule has 1 aliphatic carbocycles. The van der Waals surface area contributed by atoms with Crippen molar-refractivity contribution in [2.24, 2.45) is 25.6 Å². The minimum absolute atomic E-state index is 0. The predicted molar refractivity (Wildman–Crippen MR) is 238 cm³/mol. The molecule has 24 nitrogen and oxygen atoms in total. The number of nitro groups is 1. The minimum atomic E-state index is -5.42. The van der Waals surface area contributed by atoms with E-state index >= 15 is 0 Å². The fraction of sp³-hybridized carbons (Fsp3) is 0.0244. The summed E-state index contributed by atoms with van der Waals surface area (Å²) in [6, 6.07) is 23.8. The molecule has 0 saturated heterocycles. The normalized spacial score (nSPS) is 13.0. The largest absolute Gasteiger partial charge is 1.00 e. The molecule has 71 heavy (non-hydrogen) atoms. The van der Waals surface area contributed by atoms with E-state index in [0.29, 0.717) is 23.6 Å². The number of ketones is 1. The Labute approximate surface area is 469 Å². The topological polar surface area (TPSA) is 379 Å². The fourth-order valence-electron chi connectivity index (χ4n) is 6.18. The van der Waals surface area contributed by atoms with Gasteiger partial charge >= 0.3 is 88.7 Å². The van der Waals surface area contributed by atoms with Crippen LogP contribution < -0.4 is 120 Å². The number of nitro benzene ring substituents is 1. The van der Waals surface area contributed by atoms with Crippen molar-refractivity contribution in [2.45, 2.75) is 9.79 Å². The summed E-state index contributed by atoms with van der Waals surface area (Å²) in [4.78, 5) is 21.4. The SMILES string of the molecule is COc1ccc(NN=C2C(=O)c3c(cc(S(=O)(=O)O)cc3N=Nc3ccc(Nc4ccc(N=Nc5ccc(Nc6ccc([N+](=O)[O-])cc6S(=O)(=O)O)cc5)c([O-])c4)cc3[O-])C=C2S(=O)(=O)[O-])cc1.[Na+].[Na+].[Na+]. The molecule has 348 valence electrons. The number of benzene rings is 6. The molecule has 0 heterocycles. The number of carbonyl (C=O) groups is 1. The van der Waals surface area contributed by atoms with Crippen LogP contribution >= 0.6 is 0 Å². The number of azo groups is 2. The van der Waals surface area contributed by atoms with Crippen LogP contribution in [0.1, 0.15) is 15.9 Å². The average molecular weight is 1050 g/mol. The zero-order chi connectivity index (χ0) is 49.1. The Morgan fingerprint density at radius 2 is 1.18 bits per heavy atom. The fourth-order valence-corrected chi connectivity index (χ4v) is 8.03. The maximum Gasteiger partial charge on any atom is 1.00 e. The van der Waals surface area contributed by atoms with Gasteiger partial charge in [0.2, 0.25) is 5.78 Å². The smallest absolute Gasteiger partial charge is 0.871 e. The van der Waals surface area contributed by atoms with Crippen LogP contribution in [0.25, 0.3) is 6.08 Å². The van der Waals surface area contributed by atoms with Crippen LogP contribution in [0, 0.1) is 10.1 Å². The number of methoxy groups -OCH3 is 1. The number of hydrogen-bond acceptors (Lipinski definition) is 21. The van der Waals surface area contributed by atoms with Crippen LogP contribution in [0.15, 0.2) is 156 Å². The van der Waals surface area contributed by atoms with Crippen molar-refractivity contribution in [3.05, 3.63) is 141 Å². The number of anilines is 5. The molecule has 0 unspecified atom stereocenters. The van der Waals surface area contributed by atoms with Crippen molar-refractivity contribution in [1.29, 1.82) is 0 Å². The van der Waals surface area contributed by atoms with Crippen molar-refractivity contribution in [3.8, 4) is 17.2 Å². The number of hydrazone groups is 1. The predicted octanol–water partition coefficient (Wildman–Crippen LogP) is -1.88. The quantitative estimate of drug-likeness (QED) is 0.0247. The van der Waals surface area contributed by atoms with E-state index in [9.17, 15) is 64.0 Å². The number of Topliss-reactive ketones (excluding diaryl/α,β-unsaturated/α-hetero) is 1. The van der Waals surface area contributed by atoms with Crippen LogP contribution in [0.5, 0.6) is 17.2 Å². The summed E-state index contributed by atoms with van der Waals surface area (Å²) < 4.78 is 109. The number of allylic oxidation sites excluding steroid dienone is 1. The van der Waals surface area contributed by atoms with Crippen LogP contribution in [0.4, 0.5) is 56.9 Å². The Bertz CT molecular complexity index is 3530. The van der Waals surface area contributed by atoms with Crippen LogP contribution in [0.3, 0.4) is 0 Å². The maximum atomic E-state index is 13.8. The molecule has 6 aromatic carbocycles. The molecular formula is C41H28N9Na3O15S3. The molecule has 0 aliphatic heterocycles. The summed E-state index contributed by atoms with van der Waals surface area (Å²) in [6.07, 6.45) is 0.685. The Morgan fingerprint density at radius 3 is 1.70 bits per heavy atom. The third-order valence-electron chi connectivity index (χ3n) is 9.38. The van der Waals surface area contributed by atoms with Gasteiger partial charge in [-0.15, -0.1) is 5.11 Å². The molecule has 30 heteroatoms. The van der Waals surface area contributed by atoms with E-state index in [1.54, 1.807) is 0 Å². The Morgan fingerprint density at radius 1 is 0.634 bits per heavy atom. The van der Waals surface area contributed by atoms with E-state index < -0.39 is 95.5 Å². The number of hydrogen-bond donors (Lipinski definition) is 5. The first-order chi connectivity index (χ1) is 32.1. The van der Waals surface area contributed by atoms with Crippen molar-refractivity contribution in [2.75, 3.05) is 23.2 Å². The number of nitrogens with one attached hydrogen (secondary N) is 3. The second kappa shape index (κ2) is 23.8. The standard InChI is InChI=1S/C41H31N9O15S3.3Na/c1-65-29-11-6-25(7-12-29)45-49-40-38(68(62,63)64)17-22-16-30(66(56,57)58)21-34(39(22)41(40)53)48-47-32-14-9-27(19-36(32)52)42-26-8-13-31(35(51)18-26)46-44-24-4-2-23(3-5-24)43-33-15-10-28(50(54)55)20-37(33)67(59,60)61;;;/h2-21,42-43,45,51-52H,1H3,(H,56,57,58)(H,59,60,61)(H,62,63,64);;;/q;3*+1/p-3. The summed E-state index contributed by atoms with van der Waals surface area (Å²) in [7, 11) is -13.8. The number of carbonyl (C=O) groups excluding carboxylic acids is 1. The summed E-state index contributed by atoms with van der Waals surface area (Å²) in [5.74, 6) is -2.07. The van der Waals surface area contributed by atoms with Gasteiger partial charge in [-0.25, -0.2) is 8.42 Å². The number of non-ortho nitro benzene ring substituents is 1. The third kappa shape index (κ3) is 14.4. The Balaban J connectivity index is 0.00000365. The van der Waals surface area contributed by atoms with E-state index in [4.69, 9.17) is 4.74 Å². The van der Waals surface area contributed by atoms with Gasteiger partial charge in [0.25, 0.3) is 25.9 Å². The average Bonchev–Trinajstić information content (AvgIpc) is 3.27. The molecular weight excluding hydrogens is 1020 g/mol. The van der Waals surface area contributed by atoms with E-state index in [2.05, 4.69) is 41.6 Å². The van der Waals surface area contributed by atoms with Crippen LogP contribution in [-0.4, -0.2) is 62.4 Å². The van der Waals surface area contributed by atoms with Gasteiger partial charge in [-0.2, -0.15) is 37.3 Å². The monoisotopic (exact) mass is 1050 g/mol. The molecule has 0 aromatic heterocycles. The number of ether oxygens (including phenoxy) is 1. The summed E-state index contributed by atoms with van der Waals surface area (Å²) in [6.45, 7) is 0. The molecule has 0 fully saturated rings. The number of fused-ring (bicyclic) bond motifs is 1. The maximum absolute atomic E-state index is 13.8. The van der Waals surface area contributed by atoms with E-state index in [0.717, 1.165) is 30.3 Å². The van der Waals surface area contributed by atoms with E-state index in [1.807, 2.05) is 0 Å². The minimum Gasteiger partial charge on any atom is -0.871 e. The van der Waals surface area contributed by atoms with Gasteiger partial charge in [0.05, 0.1) is 61.5 Å². The first kappa shape index (κ1) is 58.1. The molecule has 0 spiro atoms. The van der Waals surface area contributed by atoms with Gasteiger partial charge < -0.3 is 30.1 Å². The number of rotatable bonds is 15. The molecule has 6 aromatic rings. The first-order valence-electron chi connectivity index (χ1n) is 18.8. The van der Waals surface area contributed by atoms with Crippen LogP contribution in [0.2, 0.25) is 0 Å². The zero-order valence-corrected chi connectivity index (χ0v) is 45.6. The van der Waals surface area contributed by atoms with Crippen molar-refractivity contribution >= 4 is 105 Å². The molecule has 0 atom stereocenters. The summed E-state index contributed by atoms with van der Waals surface area (Å²) in [5, 5.41) is 62.4. The zero-order valence-electron chi connectivity index (χ0n) is 37.2. The Kier molecular flexibility index (Phi) is 19.5. The molecule has 5 N–H and O–H groups in total. The van der Waals surface area contributed by atoms with Gasteiger partial charge in [0.15, 0.2) is 0 Å². The van der Waals surface area contributed by atoms with E-state index in [-0.39, 0.29) is 128 Å². The van der Waals surface area contributed by atoms with Crippen molar-refractivity contribution < 1.29 is 152 Å². The van der Waals surface area contributed by atoms with E-state index in [1.165, 1.54) is 86.0 Å². The second-order valence-electron chi connectivity index (χ2n) is 13.9. The molecule has 0 amide bonds. The van der Waals surface area contributed by atoms with Gasteiger partial charge in [-0.05, 0) is 115 Å². The second-order valence-corrected chi connectivity index (χ2v) is 18.1. The molecule has 0 bridgehead atoms. The number of nitrogens with zero attached hydrogens (tertiary/aromatic N) is 6. The summed E-state index contributed by atoms with van der Waals surface area (Å²) >= 11 is 0. The summed E-state index contributed by atoms with van der Waals surface area (Å²) in [5.41, 5.74) is 0.256. The first-order valence-corrected chi connectivity index (χ1v) is 23.1. The van der Waals surface area contributed by atoms with Gasteiger partial charge in [-0.1, -0.05) is 11.5 Å². The molecule has 1 aliphatic rings. The van der Waals surface area contributed by atoms with Gasteiger partial charge in [-0.3, -0.25) is 29.4 Å². The van der Waals surface area contributed by atoms with Crippen molar-refractivity contribution in [3.63, 3.8) is 0 Å². The molecule has 0 radical (unpaired) electrons. The molecule has 7 rings (SSSR count). The van der Waals surface area contributed by atoms with Gasteiger partial charge in [0, 0.05) is 29.2 Å². The molecule has 0 saturated carbocycles.